The summed E-state index contributed by atoms with van der Waals surface area (Å²) in [4.78, 5) is 27.3. The maximum atomic E-state index is 12.8. The van der Waals surface area contributed by atoms with E-state index in [4.69, 9.17) is 4.74 Å². The van der Waals surface area contributed by atoms with Gasteiger partial charge in [0.1, 0.15) is 5.75 Å². The normalized spacial score (nSPS) is 15.0. The van der Waals surface area contributed by atoms with Crippen LogP contribution in [0.2, 0.25) is 0 Å². The number of carbonyl (C=O) groups is 2. The monoisotopic (exact) mass is 351 g/mol. The first-order valence-electron chi connectivity index (χ1n) is 9.04. The zero-order chi connectivity index (χ0) is 18.7. The predicted octanol–water partition coefficient (Wildman–Crippen LogP) is 4.05. The van der Waals surface area contributed by atoms with Crippen LogP contribution in [0, 0.1) is 19.8 Å². The lowest BCUT2D eigenvalue weighted by Gasteiger charge is -2.31. The van der Waals surface area contributed by atoms with Crippen molar-refractivity contribution in [2.75, 3.05) is 20.2 Å². The van der Waals surface area contributed by atoms with Crippen LogP contribution in [0.1, 0.15) is 44.7 Å². The zero-order valence-electron chi connectivity index (χ0n) is 15.6. The maximum absolute atomic E-state index is 12.8. The topological polar surface area (TPSA) is 46.6 Å². The highest BCUT2D eigenvalue weighted by molar-refractivity contribution is 5.99. The molecule has 0 aromatic heterocycles. The van der Waals surface area contributed by atoms with E-state index in [1.165, 1.54) is 5.56 Å². The van der Waals surface area contributed by atoms with Gasteiger partial charge in [0.15, 0.2) is 5.78 Å². The van der Waals surface area contributed by atoms with Crippen LogP contribution in [0.25, 0.3) is 0 Å². The number of carbonyl (C=O) groups excluding carboxylic acids is 2. The van der Waals surface area contributed by atoms with Crippen molar-refractivity contribution >= 4 is 11.7 Å². The third-order valence-corrected chi connectivity index (χ3v) is 5.14. The fraction of sp³-hybridized carbons (Fsp3) is 0.364. The van der Waals surface area contributed by atoms with Gasteiger partial charge in [-0.2, -0.15) is 0 Å². The summed E-state index contributed by atoms with van der Waals surface area (Å²) in [5.74, 6) is 0.958. The number of ketones is 1. The Bertz CT molecular complexity index is 803. The summed E-state index contributed by atoms with van der Waals surface area (Å²) in [6.45, 7) is 5.26. The van der Waals surface area contributed by atoms with Gasteiger partial charge in [0.2, 0.25) is 0 Å². The minimum absolute atomic E-state index is 0.00340. The Morgan fingerprint density at radius 3 is 2.23 bits per heavy atom. The summed E-state index contributed by atoms with van der Waals surface area (Å²) in [7, 11) is 1.61. The first-order valence-corrected chi connectivity index (χ1v) is 9.04. The summed E-state index contributed by atoms with van der Waals surface area (Å²) >= 11 is 0. The average molecular weight is 351 g/mol. The summed E-state index contributed by atoms with van der Waals surface area (Å²) in [5, 5.41) is 0. The number of hydrogen-bond donors (Lipinski definition) is 0. The largest absolute Gasteiger partial charge is 0.497 e. The number of ether oxygens (including phenoxy) is 1. The number of piperidine rings is 1. The van der Waals surface area contributed by atoms with Crippen molar-refractivity contribution in [3.8, 4) is 5.75 Å². The molecule has 0 atom stereocenters. The molecule has 0 radical (unpaired) electrons. The third-order valence-electron chi connectivity index (χ3n) is 5.14. The van der Waals surface area contributed by atoms with E-state index in [2.05, 4.69) is 6.07 Å². The van der Waals surface area contributed by atoms with Crippen molar-refractivity contribution in [2.24, 2.45) is 5.92 Å². The van der Waals surface area contributed by atoms with Gasteiger partial charge in [-0.05, 0) is 56.5 Å². The van der Waals surface area contributed by atoms with Crippen LogP contribution in [-0.4, -0.2) is 36.8 Å². The number of Topliss-reactive ketones (excluding diaryl/α,β-unsaturated/α-hetero) is 1. The van der Waals surface area contributed by atoms with E-state index in [-0.39, 0.29) is 17.6 Å². The molecule has 2 aromatic rings. The van der Waals surface area contributed by atoms with Crippen molar-refractivity contribution in [1.82, 2.24) is 4.90 Å². The first-order chi connectivity index (χ1) is 12.5. The molecule has 3 rings (SSSR count). The van der Waals surface area contributed by atoms with Gasteiger partial charge in [0.05, 0.1) is 7.11 Å². The fourth-order valence-corrected chi connectivity index (χ4v) is 3.57. The van der Waals surface area contributed by atoms with Gasteiger partial charge < -0.3 is 9.64 Å². The molecule has 1 aliphatic rings. The Morgan fingerprint density at radius 2 is 1.65 bits per heavy atom. The molecular formula is C22H25NO3. The van der Waals surface area contributed by atoms with Crippen LogP contribution in [0.5, 0.6) is 5.75 Å². The Labute approximate surface area is 154 Å². The number of amides is 1. The Hall–Kier alpha value is -2.62. The summed E-state index contributed by atoms with van der Waals surface area (Å²) in [5.41, 5.74) is 3.67. The fourth-order valence-electron chi connectivity index (χ4n) is 3.57. The second kappa shape index (κ2) is 7.73. The van der Waals surface area contributed by atoms with Gasteiger partial charge in [0, 0.05) is 30.1 Å². The van der Waals surface area contributed by atoms with Crippen LogP contribution in [0.4, 0.5) is 0 Å². The van der Waals surface area contributed by atoms with Gasteiger partial charge in [-0.3, -0.25) is 9.59 Å². The van der Waals surface area contributed by atoms with Crippen LogP contribution >= 0.6 is 0 Å². The lowest BCUT2D eigenvalue weighted by molar-refractivity contribution is 0.0650. The Kier molecular flexibility index (Phi) is 5.40. The standard InChI is InChI=1S/C22H25NO3/c1-15-4-9-20(16(2)14-15)21(24)17-10-12-23(13-11-17)22(25)18-5-7-19(26-3)8-6-18/h4-9,14,17H,10-13H2,1-3H3. The van der Waals surface area contributed by atoms with Crippen molar-refractivity contribution in [3.05, 3.63) is 64.7 Å². The predicted molar refractivity (Wildman–Crippen MR) is 102 cm³/mol. The molecule has 0 N–H and O–H groups in total. The molecule has 4 heteroatoms. The van der Waals surface area contributed by atoms with Crippen molar-refractivity contribution < 1.29 is 14.3 Å². The van der Waals surface area contributed by atoms with E-state index >= 15 is 0 Å². The molecule has 0 unspecified atom stereocenters. The molecule has 1 aliphatic heterocycles. The van der Waals surface area contributed by atoms with Gasteiger partial charge in [-0.15, -0.1) is 0 Å². The van der Waals surface area contributed by atoms with Crippen molar-refractivity contribution in [2.45, 2.75) is 26.7 Å². The molecule has 0 spiro atoms. The van der Waals surface area contributed by atoms with E-state index < -0.39 is 0 Å². The molecule has 1 saturated heterocycles. The van der Waals surface area contributed by atoms with Crippen LogP contribution in [0.15, 0.2) is 42.5 Å². The number of nitrogens with zero attached hydrogens (tertiary/aromatic N) is 1. The number of benzene rings is 2. The molecule has 1 fully saturated rings. The van der Waals surface area contributed by atoms with Crippen LogP contribution in [0.3, 0.4) is 0 Å². The van der Waals surface area contributed by atoms with Crippen LogP contribution in [-0.2, 0) is 0 Å². The van der Waals surface area contributed by atoms with E-state index in [0.717, 1.165) is 16.9 Å². The van der Waals surface area contributed by atoms with E-state index in [0.29, 0.717) is 31.5 Å². The third kappa shape index (κ3) is 3.79. The molecule has 1 heterocycles. The lowest BCUT2D eigenvalue weighted by Crippen LogP contribution is -2.40. The quantitative estimate of drug-likeness (QED) is 0.781. The van der Waals surface area contributed by atoms with E-state index in [1.54, 1.807) is 31.4 Å². The maximum Gasteiger partial charge on any atom is 0.253 e. The van der Waals surface area contributed by atoms with Crippen LogP contribution < -0.4 is 4.74 Å². The molecule has 0 bridgehead atoms. The molecule has 0 saturated carbocycles. The molecular weight excluding hydrogens is 326 g/mol. The van der Waals surface area contributed by atoms with E-state index in [9.17, 15) is 9.59 Å². The minimum atomic E-state index is -0.00340. The molecule has 0 aliphatic carbocycles. The second-order valence-corrected chi connectivity index (χ2v) is 6.98. The van der Waals surface area contributed by atoms with E-state index in [1.807, 2.05) is 30.9 Å². The minimum Gasteiger partial charge on any atom is -0.497 e. The number of hydrogen-bond acceptors (Lipinski definition) is 3. The smallest absolute Gasteiger partial charge is 0.253 e. The molecule has 2 aromatic carbocycles. The van der Waals surface area contributed by atoms with Crippen molar-refractivity contribution in [3.63, 3.8) is 0 Å². The van der Waals surface area contributed by atoms with Crippen molar-refractivity contribution in [1.29, 1.82) is 0 Å². The highest BCUT2D eigenvalue weighted by atomic mass is 16.5. The number of aryl methyl sites for hydroxylation is 2. The molecule has 136 valence electrons. The highest BCUT2D eigenvalue weighted by Crippen LogP contribution is 2.25. The summed E-state index contributed by atoms with van der Waals surface area (Å²) in [6.07, 6.45) is 1.43. The summed E-state index contributed by atoms with van der Waals surface area (Å²) < 4.78 is 5.13. The van der Waals surface area contributed by atoms with Gasteiger partial charge in [0.25, 0.3) is 5.91 Å². The Balaban J connectivity index is 1.63. The van der Waals surface area contributed by atoms with Gasteiger partial charge in [-0.1, -0.05) is 23.8 Å². The Morgan fingerprint density at radius 1 is 1.00 bits per heavy atom. The number of rotatable bonds is 4. The first kappa shape index (κ1) is 18.2. The van der Waals surface area contributed by atoms with Gasteiger partial charge in [-0.25, -0.2) is 0 Å². The average Bonchev–Trinajstić information content (AvgIpc) is 2.67. The number of likely N-dealkylation sites (tertiary alicyclic amines) is 1. The lowest BCUT2D eigenvalue weighted by atomic mass is 9.87. The molecule has 1 amide bonds. The molecule has 26 heavy (non-hydrogen) atoms. The highest BCUT2D eigenvalue weighted by Gasteiger charge is 2.29. The SMILES string of the molecule is COc1ccc(C(=O)N2CCC(C(=O)c3ccc(C)cc3C)CC2)cc1. The van der Waals surface area contributed by atoms with Gasteiger partial charge >= 0.3 is 0 Å². The summed E-state index contributed by atoms with van der Waals surface area (Å²) in [6, 6.07) is 13.1. The zero-order valence-corrected chi connectivity index (χ0v) is 15.6. The second-order valence-electron chi connectivity index (χ2n) is 6.98. The number of methoxy groups -OCH3 is 1. The molecule has 4 nitrogen and oxygen atoms in total.